The molecule has 72 valence electrons. The van der Waals surface area contributed by atoms with Crippen LogP contribution in [0.4, 0.5) is 0 Å². The predicted molar refractivity (Wildman–Crippen MR) is 50.1 cm³/mol. The summed E-state index contributed by atoms with van der Waals surface area (Å²) < 4.78 is 1.79. The zero-order valence-electron chi connectivity index (χ0n) is 8.25. The van der Waals surface area contributed by atoms with Crippen molar-refractivity contribution < 1.29 is 0 Å². The molecule has 2 rings (SSSR count). The quantitative estimate of drug-likeness (QED) is 0.697. The molecule has 0 aromatic carbocycles. The summed E-state index contributed by atoms with van der Waals surface area (Å²) in [6.45, 7) is 1.95. The van der Waals surface area contributed by atoms with E-state index in [1.807, 2.05) is 14.0 Å². The van der Waals surface area contributed by atoms with Gasteiger partial charge < -0.3 is 5.73 Å². The third kappa shape index (κ3) is 1.35. The van der Waals surface area contributed by atoms with E-state index in [1.165, 1.54) is 12.8 Å². The molecule has 1 saturated carbocycles. The first kappa shape index (κ1) is 8.69. The van der Waals surface area contributed by atoms with Gasteiger partial charge in [0.05, 0.1) is 5.54 Å². The summed E-state index contributed by atoms with van der Waals surface area (Å²) >= 11 is 0. The zero-order valence-corrected chi connectivity index (χ0v) is 8.25. The second-order valence-corrected chi connectivity index (χ2v) is 3.97. The topological polar surface area (TPSA) is 56.7 Å². The van der Waals surface area contributed by atoms with Crippen molar-refractivity contribution in [3.8, 4) is 0 Å². The second kappa shape index (κ2) is 2.80. The lowest BCUT2D eigenvalue weighted by molar-refractivity contribution is 0.429. The summed E-state index contributed by atoms with van der Waals surface area (Å²) in [5, 5.41) is 4.34. The van der Waals surface area contributed by atoms with E-state index in [4.69, 9.17) is 5.73 Å². The van der Waals surface area contributed by atoms with Crippen molar-refractivity contribution in [1.82, 2.24) is 14.8 Å². The standard InChI is InChI=1S/C9H16N4/c1-7-11-8(12-13(7)2)9(10)5-3-4-6-9/h3-6,10H2,1-2H3. The van der Waals surface area contributed by atoms with E-state index in [-0.39, 0.29) is 5.54 Å². The normalized spacial score (nSPS) is 20.8. The molecule has 0 spiro atoms. The van der Waals surface area contributed by atoms with Gasteiger partial charge in [0.2, 0.25) is 0 Å². The van der Waals surface area contributed by atoms with E-state index in [9.17, 15) is 0 Å². The van der Waals surface area contributed by atoms with Crippen molar-refractivity contribution in [1.29, 1.82) is 0 Å². The molecule has 0 amide bonds. The fourth-order valence-corrected chi connectivity index (χ4v) is 1.90. The monoisotopic (exact) mass is 180 g/mol. The molecule has 1 aliphatic carbocycles. The molecule has 1 aromatic rings. The predicted octanol–water partition coefficient (Wildman–Crippen LogP) is 0.852. The van der Waals surface area contributed by atoms with Crippen molar-refractivity contribution in [2.45, 2.75) is 38.1 Å². The van der Waals surface area contributed by atoms with E-state index < -0.39 is 0 Å². The van der Waals surface area contributed by atoms with Crippen LogP contribution in [0.15, 0.2) is 0 Å². The highest BCUT2D eigenvalue weighted by Gasteiger charge is 2.35. The summed E-state index contributed by atoms with van der Waals surface area (Å²) in [7, 11) is 1.91. The molecule has 0 saturated heterocycles. The molecule has 2 N–H and O–H groups in total. The lowest BCUT2D eigenvalue weighted by Crippen LogP contribution is -2.34. The third-order valence-corrected chi connectivity index (χ3v) is 2.92. The van der Waals surface area contributed by atoms with Crippen LogP contribution in [0.2, 0.25) is 0 Å². The van der Waals surface area contributed by atoms with Gasteiger partial charge in [0, 0.05) is 7.05 Å². The number of aromatic nitrogens is 3. The largest absolute Gasteiger partial charge is 0.319 e. The SMILES string of the molecule is Cc1nc(C2(N)CCCC2)nn1C. The Morgan fingerprint density at radius 1 is 1.38 bits per heavy atom. The van der Waals surface area contributed by atoms with E-state index >= 15 is 0 Å². The second-order valence-electron chi connectivity index (χ2n) is 3.97. The van der Waals surface area contributed by atoms with Gasteiger partial charge in [-0.1, -0.05) is 12.8 Å². The number of aryl methyl sites for hydroxylation is 2. The van der Waals surface area contributed by atoms with Gasteiger partial charge in [-0.25, -0.2) is 4.98 Å². The summed E-state index contributed by atoms with van der Waals surface area (Å²) in [4.78, 5) is 4.39. The molecule has 4 nitrogen and oxygen atoms in total. The summed E-state index contributed by atoms with van der Waals surface area (Å²) in [5.41, 5.74) is 5.98. The molecule has 1 aliphatic rings. The molecule has 0 aliphatic heterocycles. The highest BCUT2D eigenvalue weighted by Crippen LogP contribution is 2.34. The summed E-state index contributed by atoms with van der Waals surface area (Å²) in [6.07, 6.45) is 4.45. The van der Waals surface area contributed by atoms with Crippen molar-refractivity contribution in [2.75, 3.05) is 0 Å². The van der Waals surface area contributed by atoms with Crippen LogP contribution in [-0.4, -0.2) is 14.8 Å². The first-order chi connectivity index (χ1) is 6.12. The molecule has 1 heterocycles. The number of nitrogens with two attached hydrogens (primary N) is 1. The maximum Gasteiger partial charge on any atom is 0.170 e. The Labute approximate surface area is 78.1 Å². The first-order valence-electron chi connectivity index (χ1n) is 4.79. The fourth-order valence-electron chi connectivity index (χ4n) is 1.90. The van der Waals surface area contributed by atoms with Crippen molar-refractivity contribution >= 4 is 0 Å². The maximum atomic E-state index is 6.22. The zero-order chi connectivity index (χ0) is 9.47. The van der Waals surface area contributed by atoms with Gasteiger partial charge in [0.1, 0.15) is 5.82 Å². The molecular formula is C9H16N4. The minimum absolute atomic E-state index is 0.244. The molecular weight excluding hydrogens is 164 g/mol. The van der Waals surface area contributed by atoms with Gasteiger partial charge in [0.25, 0.3) is 0 Å². The van der Waals surface area contributed by atoms with Crippen LogP contribution in [0.1, 0.15) is 37.3 Å². The Balaban J connectivity index is 2.34. The molecule has 1 aromatic heterocycles. The number of nitrogens with zero attached hydrogens (tertiary/aromatic N) is 3. The smallest absolute Gasteiger partial charge is 0.170 e. The van der Waals surface area contributed by atoms with Crippen LogP contribution >= 0.6 is 0 Å². The maximum absolute atomic E-state index is 6.22. The number of hydrogen-bond donors (Lipinski definition) is 1. The van der Waals surface area contributed by atoms with Gasteiger partial charge in [-0.3, -0.25) is 4.68 Å². The lowest BCUT2D eigenvalue weighted by atomic mass is 9.99. The minimum atomic E-state index is -0.244. The van der Waals surface area contributed by atoms with Crippen LogP contribution in [-0.2, 0) is 12.6 Å². The Morgan fingerprint density at radius 2 is 2.00 bits per heavy atom. The average Bonchev–Trinajstić information content (AvgIpc) is 2.62. The van der Waals surface area contributed by atoms with Gasteiger partial charge in [0.15, 0.2) is 5.82 Å². The van der Waals surface area contributed by atoms with Gasteiger partial charge in [-0.2, -0.15) is 5.10 Å². The van der Waals surface area contributed by atoms with Gasteiger partial charge in [-0.15, -0.1) is 0 Å². The number of rotatable bonds is 1. The highest BCUT2D eigenvalue weighted by molar-refractivity contribution is 5.07. The molecule has 0 bridgehead atoms. The Morgan fingerprint density at radius 3 is 2.46 bits per heavy atom. The minimum Gasteiger partial charge on any atom is -0.319 e. The Hall–Kier alpha value is -0.900. The van der Waals surface area contributed by atoms with Crippen LogP contribution in [0.25, 0.3) is 0 Å². The first-order valence-corrected chi connectivity index (χ1v) is 4.79. The van der Waals surface area contributed by atoms with Crippen LogP contribution < -0.4 is 5.73 Å². The van der Waals surface area contributed by atoms with Crippen LogP contribution in [0.3, 0.4) is 0 Å². The Kier molecular flexibility index (Phi) is 1.87. The molecule has 13 heavy (non-hydrogen) atoms. The molecule has 4 heteroatoms. The van der Waals surface area contributed by atoms with Crippen LogP contribution in [0, 0.1) is 6.92 Å². The van der Waals surface area contributed by atoms with E-state index in [0.29, 0.717) is 0 Å². The Bertz CT molecular complexity index is 290. The lowest BCUT2D eigenvalue weighted by Gasteiger charge is -2.18. The summed E-state index contributed by atoms with van der Waals surface area (Å²) in [5.74, 6) is 1.76. The molecule has 0 unspecified atom stereocenters. The van der Waals surface area contributed by atoms with E-state index in [1.54, 1.807) is 4.68 Å². The summed E-state index contributed by atoms with van der Waals surface area (Å²) in [6, 6.07) is 0. The number of hydrogen-bond acceptors (Lipinski definition) is 3. The van der Waals surface area contributed by atoms with Crippen molar-refractivity contribution in [2.24, 2.45) is 12.8 Å². The molecule has 0 radical (unpaired) electrons. The van der Waals surface area contributed by atoms with E-state index in [2.05, 4.69) is 10.1 Å². The van der Waals surface area contributed by atoms with Gasteiger partial charge in [-0.05, 0) is 19.8 Å². The van der Waals surface area contributed by atoms with Gasteiger partial charge >= 0.3 is 0 Å². The highest BCUT2D eigenvalue weighted by atomic mass is 15.3. The van der Waals surface area contributed by atoms with Crippen LogP contribution in [0.5, 0.6) is 0 Å². The molecule has 1 fully saturated rings. The molecule has 0 atom stereocenters. The van der Waals surface area contributed by atoms with Crippen molar-refractivity contribution in [3.63, 3.8) is 0 Å². The van der Waals surface area contributed by atoms with Crippen molar-refractivity contribution in [3.05, 3.63) is 11.6 Å². The fraction of sp³-hybridized carbons (Fsp3) is 0.778. The average molecular weight is 180 g/mol. The van der Waals surface area contributed by atoms with E-state index in [0.717, 1.165) is 24.5 Å². The third-order valence-electron chi connectivity index (χ3n) is 2.92.